The largest absolute Gasteiger partial charge is 0.369 e. The third-order valence-corrected chi connectivity index (χ3v) is 4.96. The summed E-state index contributed by atoms with van der Waals surface area (Å²) in [4.78, 5) is 30.1. The van der Waals surface area contributed by atoms with Crippen LogP contribution in [0.4, 0.5) is 0 Å². The van der Waals surface area contributed by atoms with Crippen LogP contribution >= 0.6 is 11.8 Å². The molecule has 0 spiro atoms. The number of hydrogen-bond donors (Lipinski definition) is 1. The average Bonchev–Trinajstić information content (AvgIpc) is 2.91. The van der Waals surface area contributed by atoms with Crippen molar-refractivity contribution in [2.75, 3.05) is 18.8 Å². The molecule has 0 bridgehead atoms. The van der Waals surface area contributed by atoms with Gasteiger partial charge in [0.1, 0.15) is 6.54 Å². The molecule has 0 unspecified atom stereocenters. The Morgan fingerprint density at radius 2 is 1.91 bits per heavy atom. The van der Waals surface area contributed by atoms with E-state index in [1.54, 1.807) is 0 Å². The summed E-state index contributed by atoms with van der Waals surface area (Å²) in [6, 6.07) is 7.69. The molecule has 2 amide bonds. The lowest BCUT2D eigenvalue weighted by atomic mass is 10.1. The monoisotopic (exact) mass is 332 g/mol. The molecule has 23 heavy (non-hydrogen) atoms. The minimum atomic E-state index is -0.393. The minimum Gasteiger partial charge on any atom is -0.369 e. The number of carbonyl (C=O) groups is 2. The zero-order valence-electron chi connectivity index (χ0n) is 12.9. The number of nitrogens with two attached hydrogens (primary N) is 1. The van der Waals surface area contributed by atoms with Crippen molar-refractivity contribution >= 4 is 34.6 Å². The summed E-state index contributed by atoms with van der Waals surface area (Å²) < 4.78 is 1.89. The van der Waals surface area contributed by atoms with E-state index in [0.29, 0.717) is 5.16 Å². The van der Waals surface area contributed by atoms with E-state index in [1.807, 2.05) is 33.7 Å². The highest BCUT2D eigenvalue weighted by Crippen LogP contribution is 2.24. The van der Waals surface area contributed by atoms with Gasteiger partial charge >= 0.3 is 0 Å². The third kappa shape index (κ3) is 3.67. The van der Waals surface area contributed by atoms with Gasteiger partial charge in [-0.1, -0.05) is 23.9 Å². The first-order valence-corrected chi connectivity index (χ1v) is 8.78. The van der Waals surface area contributed by atoms with Crippen LogP contribution in [-0.2, 0) is 16.1 Å². The number of benzene rings is 1. The molecular formula is C16H20N4O2S. The first kappa shape index (κ1) is 15.9. The molecule has 0 saturated carbocycles. The summed E-state index contributed by atoms with van der Waals surface area (Å²) in [5, 5.41) is 0.662. The molecule has 1 aliphatic heterocycles. The van der Waals surface area contributed by atoms with E-state index < -0.39 is 5.91 Å². The first-order valence-electron chi connectivity index (χ1n) is 7.79. The van der Waals surface area contributed by atoms with Crippen molar-refractivity contribution < 1.29 is 9.59 Å². The first-order chi connectivity index (χ1) is 11.1. The molecule has 0 radical (unpaired) electrons. The number of piperidine rings is 1. The number of imidazole rings is 1. The standard InChI is InChI=1S/C16H20N4O2S/c17-14(21)11-23-16-18-12-6-2-3-7-13(12)20(16)10-15(22)19-8-4-1-5-9-19/h2-3,6-7H,1,4-5,8-11H2,(H2,17,21). The van der Waals surface area contributed by atoms with Gasteiger partial charge in [0.25, 0.3) is 0 Å². The number of thioether (sulfide) groups is 1. The average molecular weight is 332 g/mol. The summed E-state index contributed by atoms with van der Waals surface area (Å²) in [5.41, 5.74) is 6.96. The van der Waals surface area contributed by atoms with Gasteiger partial charge in [-0.05, 0) is 31.4 Å². The number of rotatable bonds is 5. The van der Waals surface area contributed by atoms with Crippen molar-refractivity contribution in [2.45, 2.75) is 31.0 Å². The van der Waals surface area contributed by atoms with E-state index in [0.717, 1.165) is 37.0 Å². The molecule has 6 nitrogen and oxygen atoms in total. The maximum Gasteiger partial charge on any atom is 0.242 e. The molecule has 1 saturated heterocycles. The molecule has 122 valence electrons. The fraction of sp³-hybridized carbons (Fsp3) is 0.438. The molecule has 2 aromatic rings. The van der Waals surface area contributed by atoms with Gasteiger partial charge in [-0.3, -0.25) is 9.59 Å². The number of nitrogens with zero attached hydrogens (tertiary/aromatic N) is 3. The summed E-state index contributed by atoms with van der Waals surface area (Å²) in [6.07, 6.45) is 3.33. The van der Waals surface area contributed by atoms with Crippen LogP contribution in [0.15, 0.2) is 29.4 Å². The zero-order valence-corrected chi connectivity index (χ0v) is 13.7. The molecule has 2 N–H and O–H groups in total. The maximum absolute atomic E-state index is 12.6. The molecule has 2 heterocycles. The molecule has 1 aliphatic rings. The Bertz CT molecular complexity index is 722. The molecule has 1 aromatic heterocycles. The maximum atomic E-state index is 12.6. The van der Waals surface area contributed by atoms with Gasteiger partial charge in [-0.15, -0.1) is 0 Å². The Labute approximate surface area is 139 Å². The number of fused-ring (bicyclic) bond motifs is 1. The second-order valence-corrected chi connectivity index (χ2v) is 6.61. The fourth-order valence-corrected chi connectivity index (χ4v) is 3.58. The van der Waals surface area contributed by atoms with Crippen LogP contribution in [0.3, 0.4) is 0 Å². The molecule has 0 atom stereocenters. The van der Waals surface area contributed by atoms with Crippen molar-refractivity contribution in [3.05, 3.63) is 24.3 Å². The van der Waals surface area contributed by atoms with E-state index in [1.165, 1.54) is 18.2 Å². The Balaban J connectivity index is 1.85. The van der Waals surface area contributed by atoms with Crippen molar-refractivity contribution in [1.82, 2.24) is 14.5 Å². The smallest absolute Gasteiger partial charge is 0.242 e. The number of likely N-dealkylation sites (tertiary alicyclic amines) is 1. The highest BCUT2D eigenvalue weighted by Gasteiger charge is 2.20. The lowest BCUT2D eigenvalue weighted by molar-refractivity contribution is -0.132. The van der Waals surface area contributed by atoms with E-state index in [9.17, 15) is 9.59 Å². The topological polar surface area (TPSA) is 81.2 Å². The summed E-state index contributed by atoms with van der Waals surface area (Å²) >= 11 is 1.28. The lowest BCUT2D eigenvalue weighted by Gasteiger charge is -2.27. The van der Waals surface area contributed by atoms with Gasteiger partial charge < -0.3 is 15.2 Å². The predicted molar refractivity (Wildman–Crippen MR) is 90.1 cm³/mol. The van der Waals surface area contributed by atoms with E-state index in [2.05, 4.69) is 4.98 Å². The van der Waals surface area contributed by atoms with Crippen LogP contribution in [0.25, 0.3) is 11.0 Å². The van der Waals surface area contributed by atoms with Gasteiger partial charge in [-0.25, -0.2) is 4.98 Å². The van der Waals surface area contributed by atoms with Gasteiger partial charge in [-0.2, -0.15) is 0 Å². The summed E-state index contributed by atoms with van der Waals surface area (Å²) in [6.45, 7) is 1.91. The second kappa shape index (κ2) is 7.04. The lowest BCUT2D eigenvalue weighted by Crippen LogP contribution is -2.37. The van der Waals surface area contributed by atoms with Crippen LogP contribution in [0, 0.1) is 0 Å². The van der Waals surface area contributed by atoms with Crippen molar-refractivity contribution in [3.8, 4) is 0 Å². The Hall–Kier alpha value is -2.02. The van der Waals surface area contributed by atoms with Crippen LogP contribution < -0.4 is 5.73 Å². The third-order valence-electron chi connectivity index (χ3n) is 3.97. The molecule has 0 aliphatic carbocycles. The number of hydrogen-bond acceptors (Lipinski definition) is 4. The Morgan fingerprint density at radius 3 is 2.65 bits per heavy atom. The highest BCUT2D eigenvalue weighted by atomic mass is 32.2. The summed E-state index contributed by atoms with van der Waals surface area (Å²) in [7, 11) is 0. The van der Waals surface area contributed by atoms with E-state index in [-0.39, 0.29) is 18.2 Å². The minimum absolute atomic E-state index is 0.105. The van der Waals surface area contributed by atoms with Crippen LogP contribution in [0.1, 0.15) is 19.3 Å². The van der Waals surface area contributed by atoms with Crippen LogP contribution in [-0.4, -0.2) is 45.1 Å². The van der Waals surface area contributed by atoms with E-state index >= 15 is 0 Å². The van der Waals surface area contributed by atoms with Crippen molar-refractivity contribution in [2.24, 2.45) is 5.73 Å². The molecule has 1 fully saturated rings. The van der Waals surface area contributed by atoms with Crippen LogP contribution in [0.2, 0.25) is 0 Å². The van der Waals surface area contributed by atoms with Gasteiger partial charge in [0.2, 0.25) is 11.8 Å². The fourth-order valence-electron chi connectivity index (χ4n) is 2.83. The SMILES string of the molecule is NC(=O)CSc1nc2ccccc2n1CC(=O)N1CCCCC1. The molecule has 1 aromatic carbocycles. The second-order valence-electron chi connectivity index (χ2n) is 5.67. The number of para-hydroxylation sites is 2. The number of carbonyl (C=O) groups excluding carboxylic acids is 2. The molecule has 3 rings (SSSR count). The van der Waals surface area contributed by atoms with Crippen molar-refractivity contribution in [3.63, 3.8) is 0 Å². The van der Waals surface area contributed by atoms with Crippen molar-refractivity contribution in [1.29, 1.82) is 0 Å². The summed E-state index contributed by atoms with van der Waals surface area (Å²) in [5.74, 6) is -0.133. The Morgan fingerprint density at radius 1 is 1.17 bits per heavy atom. The van der Waals surface area contributed by atoms with E-state index in [4.69, 9.17) is 5.73 Å². The van der Waals surface area contributed by atoms with Gasteiger partial charge in [0.05, 0.1) is 16.8 Å². The number of primary amides is 1. The Kier molecular flexibility index (Phi) is 4.85. The number of aromatic nitrogens is 2. The quantitative estimate of drug-likeness (QED) is 0.844. The zero-order chi connectivity index (χ0) is 16.2. The number of amides is 2. The molecular weight excluding hydrogens is 312 g/mol. The highest BCUT2D eigenvalue weighted by molar-refractivity contribution is 7.99. The molecule has 7 heteroatoms. The normalized spacial score (nSPS) is 15.0. The van der Waals surface area contributed by atoms with Crippen LogP contribution in [0.5, 0.6) is 0 Å². The predicted octanol–water partition coefficient (Wildman–Crippen LogP) is 1.63. The van der Waals surface area contributed by atoms with Gasteiger partial charge in [0, 0.05) is 13.1 Å². The van der Waals surface area contributed by atoms with Gasteiger partial charge in [0.15, 0.2) is 5.16 Å².